The molecule has 0 aromatic rings. The van der Waals surface area contributed by atoms with E-state index >= 15 is 0 Å². The Morgan fingerprint density at radius 1 is 1.12 bits per heavy atom. The molecule has 0 radical (unpaired) electrons. The first-order chi connectivity index (χ1) is 7.57. The number of carbonyl (C=O) groups excluding carboxylic acids is 2. The molecular weight excluding hydrogens is 206 g/mol. The summed E-state index contributed by atoms with van der Waals surface area (Å²) in [5.41, 5.74) is 5.32. The minimum absolute atomic E-state index is 0.0115. The van der Waals surface area contributed by atoms with E-state index in [4.69, 9.17) is 5.73 Å². The molecule has 4 N–H and O–H groups in total. The quantitative estimate of drug-likeness (QED) is 0.512. The topological polar surface area (TPSA) is 84.2 Å². The second-order valence-electron chi connectivity index (χ2n) is 4.04. The van der Waals surface area contributed by atoms with Gasteiger partial charge in [-0.05, 0) is 19.4 Å². The summed E-state index contributed by atoms with van der Waals surface area (Å²) in [4.78, 5) is 22.4. The van der Waals surface area contributed by atoms with Gasteiger partial charge in [-0.2, -0.15) is 0 Å². The van der Waals surface area contributed by atoms with Crippen molar-refractivity contribution in [1.82, 2.24) is 10.6 Å². The fourth-order valence-corrected chi connectivity index (χ4v) is 1.11. The smallest absolute Gasteiger partial charge is 0.222 e. The average molecular weight is 229 g/mol. The summed E-state index contributed by atoms with van der Waals surface area (Å²) in [6, 6.07) is 0. The largest absolute Gasteiger partial charge is 0.354 e. The lowest BCUT2D eigenvalue weighted by Gasteiger charge is -2.08. The van der Waals surface area contributed by atoms with Gasteiger partial charge in [-0.1, -0.05) is 13.8 Å². The highest BCUT2D eigenvalue weighted by atomic mass is 16.2. The van der Waals surface area contributed by atoms with Crippen LogP contribution in [0.15, 0.2) is 0 Å². The number of hydrogen-bond acceptors (Lipinski definition) is 3. The molecule has 0 saturated heterocycles. The molecule has 16 heavy (non-hydrogen) atoms. The highest BCUT2D eigenvalue weighted by Gasteiger charge is 2.05. The summed E-state index contributed by atoms with van der Waals surface area (Å²) in [7, 11) is 0. The van der Waals surface area contributed by atoms with E-state index in [1.54, 1.807) is 0 Å². The SMILES string of the molecule is CC(C)C(=O)NCCNC(=O)CCCCN. The van der Waals surface area contributed by atoms with Crippen molar-refractivity contribution in [2.75, 3.05) is 19.6 Å². The predicted octanol–water partition coefficient (Wildman–Crippen LogP) is 0.00380. The maximum atomic E-state index is 11.2. The van der Waals surface area contributed by atoms with Crippen LogP contribution < -0.4 is 16.4 Å². The van der Waals surface area contributed by atoms with Crippen LogP contribution in [0.25, 0.3) is 0 Å². The summed E-state index contributed by atoms with van der Waals surface area (Å²) in [5.74, 6) is 0.0184. The Balaban J connectivity index is 3.37. The van der Waals surface area contributed by atoms with Crippen molar-refractivity contribution in [3.63, 3.8) is 0 Å². The van der Waals surface area contributed by atoms with Gasteiger partial charge < -0.3 is 16.4 Å². The lowest BCUT2D eigenvalue weighted by atomic mass is 10.2. The molecular formula is C11H23N3O2. The molecule has 0 aromatic carbocycles. The van der Waals surface area contributed by atoms with Gasteiger partial charge in [-0.15, -0.1) is 0 Å². The van der Waals surface area contributed by atoms with Crippen molar-refractivity contribution in [1.29, 1.82) is 0 Å². The van der Waals surface area contributed by atoms with Gasteiger partial charge >= 0.3 is 0 Å². The predicted molar refractivity (Wildman–Crippen MR) is 63.8 cm³/mol. The molecule has 0 rings (SSSR count). The van der Waals surface area contributed by atoms with Gasteiger partial charge in [0.1, 0.15) is 0 Å². The Bertz CT molecular complexity index is 217. The summed E-state index contributed by atoms with van der Waals surface area (Å²) in [5, 5.41) is 5.47. The Labute approximate surface area is 97.2 Å². The monoisotopic (exact) mass is 229 g/mol. The molecule has 0 aliphatic heterocycles. The lowest BCUT2D eigenvalue weighted by Crippen LogP contribution is -2.36. The highest BCUT2D eigenvalue weighted by molar-refractivity contribution is 5.78. The van der Waals surface area contributed by atoms with Gasteiger partial charge in [0.05, 0.1) is 0 Å². The number of rotatable bonds is 8. The van der Waals surface area contributed by atoms with E-state index < -0.39 is 0 Å². The minimum Gasteiger partial charge on any atom is -0.354 e. The molecule has 0 atom stereocenters. The molecule has 5 nitrogen and oxygen atoms in total. The normalized spacial score (nSPS) is 10.2. The number of nitrogens with one attached hydrogen (secondary N) is 2. The molecule has 0 saturated carbocycles. The van der Waals surface area contributed by atoms with Crippen LogP contribution in [-0.4, -0.2) is 31.4 Å². The van der Waals surface area contributed by atoms with Crippen LogP contribution in [0.4, 0.5) is 0 Å². The van der Waals surface area contributed by atoms with E-state index in [2.05, 4.69) is 10.6 Å². The molecule has 2 amide bonds. The first-order valence-corrected chi connectivity index (χ1v) is 5.82. The van der Waals surface area contributed by atoms with Crippen LogP contribution in [0.5, 0.6) is 0 Å². The molecule has 0 fully saturated rings. The third-order valence-electron chi connectivity index (χ3n) is 2.13. The molecule has 0 spiro atoms. The Morgan fingerprint density at radius 3 is 2.31 bits per heavy atom. The number of unbranched alkanes of at least 4 members (excludes halogenated alkanes) is 1. The van der Waals surface area contributed by atoms with E-state index in [1.807, 2.05) is 13.8 Å². The van der Waals surface area contributed by atoms with E-state index in [-0.39, 0.29) is 17.7 Å². The third kappa shape index (κ3) is 8.23. The van der Waals surface area contributed by atoms with Gasteiger partial charge in [0.15, 0.2) is 0 Å². The maximum Gasteiger partial charge on any atom is 0.222 e. The van der Waals surface area contributed by atoms with Crippen LogP contribution in [-0.2, 0) is 9.59 Å². The van der Waals surface area contributed by atoms with Crippen molar-refractivity contribution in [3.8, 4) is 0 Å². The number of carbonyl (C=O) groups is 2. The summed E-state index contributed by atoms with van der Waals surface area (Å²) < 4.78 is 0. The zero-order chi connectivity index (χ0) is 12.4. The number of nitrogens with two attached hydrogens (primary N) is 1. The first kappa shape index (κ1) is 14.9. The molecule has 0 aromatic heterocycles. The molecule has 0 unspecified atom stereocenters. The van der Waals surface area contributed by atoms with E-state index in [0.717, 1.165) is 12.8 Å². The van der Waals surface area contributed by atoms with Crippen LogP contribution in [0, 0.1) is 5.92 Å². The van der Waals surface area contributed by atoms with Crippen LogP contribution >= 0.6 is 0 Å². The van der Waals surface area contributed by atoms with Gasteiger partial charge in [0.25, 0.3) is 0 Å². The number of amides is 2. The van der Waals surface area contributed by atoms with Crippen LogP contribution in [0.3, 0.4) is 0 Å². The van der Waals surface area contributed by atoms with E-state index in [1.165, 1.54) is 0 Å². The van der Waals surface area contributed by atoms with Gasteiger partial charge in [0.2, 0.25) is 11.8 Å². The zero-order valence-corrected chi connectivity index (χ0v) is 10.2. The third-order valence-corrected chi connectivity index (χ3v) is 2.13. The number of hydrogen-bond donors (Lipinski definition) is 3. The molecule has 94 valence electrons. The summed E-state index contributed by atoms with van der Waals surface area (Å²) in [6.45, 7) is 5.26. The molecule has 0 bridgehead atoms. The Hall–Kier alpha value is -1.10. The summed E-state index contributed by atoms with van der Waals surface area (Å²) >= 11 is 0. The molecule has 0 aliphatic rings. The van der Waals surface area contributed by atoms with Gasteiger partial charge in [-0.3, -0.25) is 9.59 Å². The zero-order valence-electron chi connectivity index (χ0n) is 10.2. The molecule has 5 heteroatoms. The summed E-state index contributed by atoms with van der Waals surface area (Å²) in [6.07, 6.45) is 2.20. The second kappa shape index (κ2) is 9.15. The van der Waals surface area contributed by atoms with Crippen LogP contribution in [0.2, 0.25) is 0 Å². The lowest BCUT2D eigenvalue weighted by molar-refractivity contribution is -0.124. The van der Waals surface area contributed by atoms with Gasteiger partial charge in [0, 0.05) is 25.4 Å². The van der Waals surface area contributed by atoms with E-state index in [0.29, 0.717) is 26.1 Å². The highest BCUT2D eigenvalue weighted by Crippen LogP contribution is 1.92. The van der Waals surface area contributed by atoms with Crippen LogP contribution in [0.1, 0.15) is 33.1 Å². The Morgan fingerprint density at radius 2 is 1.75 bits per heavy atom. The fourth-order valence-electron chi connectivity index (χ4n) is 1.11. The molecule has 0 heterocycles. The van der Waals surface area contributed by atoms with Crippen molar-refractivity contribution in [2.24, 2.45) is 11.7 Å². The standard InChI is InChI=1S/C11H23N3O2/c1-9(2)11(16)14-8-7-13-10(15)5-3-4-6-12/h9H,3-8,12H2,1-2H3,(H,13,15)(H,14,16). The minimum atomic E-state index is -0.0137. The van der Waals surface area contributed by atoms with E-state index in [9.17, 15) is 9.59 Å². The Kier molecular flexibility index (Phi) is 8.52. The van der Waals surface area contributed by atoms with Crippen molar-refractivity contribution < 1.29 is 9.59 Å². The van der Waals surface area contributed by atoms with Crippen molar-refractivity contribution >= 4 is 11.8 Å². The second-order valence-corrected chi connectivity index (χ2v) is 4.04. The van der Waals surface area contributed by atoms with Crippen molar-refractivity contribution in [3.05, 3.63) is 0 Å². The fraction of sp³-hybridized carbons (Fsp3) is 0.818. The average Bonchev–Trinajstić information content (AvgIpc) is 2.24. The first-order valence-electron chi connectivity index (χ1n) is 5.82. The molecule has 0 aliphatic carbocycles. The maximum absolute atomic E-state index is 11.2. The van der Waals surface area contributed by atoms with Gasteiger partial charge in [-0.25, -0.2) is 0 Å². The van der Waals surface area contributed by atoms with Crippen molar-refractivity contribution in [2.45, 2.75) is 33.1 Å².